The van der Waals surface area contributed by atoms with Gasteiger partial charge in [-0.3, -0.25) is 0 Å². The Morgan fingerprint density at radius 3 is 3.15 bits per heavy atom. The Hall–Kier alpha value is -2.14. The second kappa shape index (κ2) is 4.76. The Labute approximate surface area is 116 Å². The smallest absolute Gasteiger partial charge is 0.0881 e. The quantitative estimate of drug-likeness (QED) is 0.793. The number of benzene rings is 1. The van der Waals surface area contributed by atoms with E-state index in [2.05, 4.69) is 33.5 Å². The SMILES string of the molecule is c1ccc2[nH]c(Cn3cc([C@@H]4CCOC4)nn3)cc2c1. The molecule has 1 atom stereocenters. The minimum Gasteiger partial charge on any atom is -0.381 e. The van der Waals surface area contributed by atoms with Crippen LogP contribution in [0.4, 0.5) is 0 Å². The average molecular weight is 268 g/mol. The summed E-state index contributed by atoms with van der Waals surface area (Å²) in [5.74, 6) is 0.409. The zero-order chi connectivity index (χ0) is 13.4. The summed E-state index contributed by atoms with van der Waals surface area (Å²) in [5.41, 5.74) is 3.34. The molecule has 5 heteroatoms. The van der Waals surface area contributed by atoms with Crippen LogP contribution in [-0.4, -0.2) is 33.2 Å². The van der Waals surface area contributed by atoms with Crippen molar-refractivity contribution in [3.63, 3.8) is 0 Å². The molecule has 1 N–H and O–H groups in total. The Balaban J connectivity index is 1.56. The van der Waals surface area contributed by atoms with Crippen molar-refractivity contribution in [2.45, 2.75) is 18.9 Å². The summed E-state index contributed by atoms with van der Waals surface area (Å²) >= 11 is 0. The summed E-state index contributed by atoms with van der Waals surface area (Å²) in [6, 6.07) is 10.4. The van der Waals surface area contributed by atoms with Gasteiger partial charge in [-0.05, 0) is 23.9 Å². The van der Waals surface area contributed by atoms with Crippen molar-refractivity contribution in [3.8, 4) is 0 Å². The molecule has 4 rings (SSSR count). The minimum absolute atomic E-state index is 0.409. The number of fused-ring (bicyclic) bond motifs is 1. The summed E-state index contributed by atoms with van der Waals surface area (Å²) < 4.78 is 7.28. The second-order valence-electron chi connectivity index (χ2n) is 5.28. The zero-order valence-corrected chi connectivity index (χ0v) is 11.1. The first-order valence-corrected chi connectivity index (χ1v) is 6.93. The molecule has 0 spiro atoms. The number of para-hydroxylation sites is 1. The third kappa shape index (κ3) is 2.10. The van der Waals surface area contributed by atoms with E-state index in [1.807, 2.05) is 23.0 Å². The monoisotopic (exact) mass is 268 g/mol. The molecule has 20 heavy (non-hydrogen) atoms. The van der Waals surface area contributed by atoms with Crippen molar-refractivity contribution in [2.24, 2.45) is 0 Å². The molecule has 0 unspecified atom stereocenters. The maximum atomic E-state index is 5.40. The number of rotatable bonds is 3. The van der Waals surface area contributed by atoms with Gasteiger partial charge in [0.2, 0.25) is 0 Å². The molecule has 5 nitrogen and oxygen atoms in total. The summed E-state index contributed by atoms with van der Waals surface area (Å²) in [7, 11) is 0. The topological polar surface area (TPSA) is 55.7 Å². The normalized spacial score (nSPS) is 18.9. The molecule has 1 saturated heterocycles. The highest BCUT2D eigenvalue weighted by molar-refractivity contribution is 5.80. The van der Waals surface area contributed by atoms with Gasteiger partial charge in [-0.1, -0.05) is 23.4 Å². The number of hydrogen-bond acceptors (Lipinski definition) is 3. The number of nitrogens with one attached hydrogen (secondary N) is 1. The molecule has 2 aromatic heterocycles. The number of ether oxygens (including phenoxy) is 1. The lowest BCUT2D eigenvalue weighted by Gasteiger charge is -2.00. The van der Waals surface area contributed by atoms with E-state index in [-0.39, 0.29) is 0 Å². The lowest BCUT2D eigenvalue weighted by Crippen LogP contribution is -2.00. The first-order valence-electron chi connectivity index (χ1n) is 6.93. The van der Waals surface area contributed by atoms with Crippen LogP contribution in [-0.2, 0) is 11.3 Å². The molecule has 102 valence electrons. The fourth-order valence-corrected chi connectivity index (χ4v) is 2.74. The van der Waals surface area contributed by atoms with Crippen molar-refractivity contribution in [2.75, 3.05) is 13.2 Å². The average Bonchev–Trinajstić information content (AvgIpc) is 3.18. The van der Waals surface area contributed by atoms with E-state index in [1.165, 1.54) is 5.39 Å². The highest BCUT2D eigenvalue weighted by Gasteiger charge is 2.20. The van der Waals surface area contributed by atoms with Gasteiger partial charge in [-0.2, -0.15) is 0 Å². The van der Waals surface area contributed by atoms with Crippen LogP contribution in [0.2, 0.25) is 0 Å². The summed E-state index contributed by atoms with van der Waals surface area (Å²) in [6.07, 6.45) is 3.08. The fourth-order valence-electron chi connectivity index (χ4n) is 2.74. The van der Waals surface area contributed by atoms with Crippen molar-refractivity contribution >= 4 is 10.9 Å². The van der Waals surface area contributed by atoms with E-state index in [9.17, 15) is 0 Å². The largest absolute Gasteiger partial charge is 0.381 e. The van der Waals surface area contributed by atoms with Crippen molar-refractivity contribution in [1.82, 2.24) is 20.0 Å². The highest BCUT2D eigenvalue weighted by atomic mass is 16.5. The van der Waals surface area contributed by atoms with E-state index < -0.39 is 0 Å². The van der Waals surface area contributed by atoms with E-state index in [0.29, 0.717) is 5.92 Å². The van der Waals surface area contributed by atoms with Crippen LogP contribution in [0.15, 0.2) is 36.5 Å². The first kappa shape index (κ1) is 11.7. The van der Waals surface area contributed by atoms with Gasteiger partial charge in [0.05, 0.1) is 18.8 Å². The van der Waals surface area contributed by atoms with Crippen LogP contribution in [0, 0.1) is 0 Å². The fraction of sp³-hybridized carbons (Fsp3) is 0.333. The van der Waals surface area contributed by atoms with Gasteiger partial charge in [0.25, 0.3) is 0 Å². The van der Waals surface area contributed by atoms with Gasteiger partial charge >= 0.3 is 0 Å². The van der Waals surface area contributed by atoms with E-state index in [0.717, 1.165) is 43.1 Å². The van der Waals surface area contributed by atoms with Crippen molar-refractivity contribution in [3.05, 3.63) is 47.9 Å². The molecule has 3 heterocycles. The van der Waals surface area contributed by atoms with Gasteiger partial charge in [-0.25, -0.2) is 4.68 Å². The lowest BCUT2D eigenvalue weighted by molar-refractivity contribution is 0.193. The number of nitrogens with zero attached hydrogens (tertiary/aromatic N) is 3. The molecule has 1 aliphatic rings. The standard InChI is InChI=1S/C15H16N4O/c1-2-4-14-11(3-1)7-13(16-14)8-19-9-15(17-18-19)12-5-6-20-10-12/h1-4,7,9,12,16H,5-6,8,10H2/t12-/m1/s1. The van der Waals surface area contributed by atoms with Gasteiger partial charge in [-0.15, -0.1) is 5.10 Å². The van der Waals surface area contributed by atoms with Crippen LogP contribution in [0.3, 0.4) is 0 Å². The van der Waals surface area contributed by atoms with Gasteiger partial charge in [0.1, 0.15) is 0 Å². The first-order chi connectivity index (χ1) is 9.88. The lowest BCUT2D eigenvalue weighted by atomic mass is 10.1. The molecule has 1 aliphatic heterocycles. The molecule has 1 aromatic carbocycles. The number of H-pyrrole nitrogens is 1. The Kier molecular flexibility index (Phi) is 2.77. The van der Waals surface area contributed by atoms with Gasteiger partial charge < -0.3 is 9.72 Å². The number of aromatic nitrogens is 4. The van der Waals surface area contributed by atoms with Gasteiger partial charge in [0.15, 0.2) is 0 Å². The molecular formula is C15H16N4O. The van der Waals surface area contributed by atoms with Crippen LogP contribution in [0.5, 0.6) is 0 Å². The maximum absolute atomic E-state index is 5.40. The zero-order valence-electron chi connectivity index (χ0n) is 11.1. The third-order valence-corrected chi connectivity index (χ3v) is 3.82. The Morgan fingerprint density at radius 2 is 2.30 bits per heavy atom. The van der Waals surface area contributed by atoms with Crippen LogP contribution in [0.25, 0.3) is 10.9 Å². The number of aromatic amines is 1. The minimum atomic E-state index is 0.409. The molecule has 0 amide bonds. The summed E-state index contributed by atoms with van der Waals surface area (Å²) in [4.78, 5) is 3.41. The Bertz CT molecular complexity index is 691. The third-order valence-electron chi connectivity index (χ3n) is 3.82. The molecule has 3 aromatic rings. The molecule has 0 bridgehead atoms. The molecular weight excluding hydrogens is 252 g/mol. The predicted molar refractivity (Wildman–Crippen MR) is 75.6 cm³/mol. The highest BCUT2D eigenvalue weighted by Crippen LogP contribution is 2.23. The summed E-state index contributed by atoms with van der Waals surface area (Å²) in [5, 5.41) is 9.71. The van der Waals surface area contributed by atoms with Crippen LogP contribution < -0.4 is 0 Å². The molecule has 0 radical (unpaired) electrons. The van der Waals surface area contributed by atoms with E-state index in [4.69, 9.17) is 4.74 Å². The van der Waals surface area contributed by atoms with Crippen LogP contribution >= 0.6 is 0 Å². The summed E-state index contributed by atoms with van der Waals surface area (Å²) in [6.45, 7) is 2.32. The van der Waals surface area contributed by atoms with Crippen molar-refractivity contribution in [1.29, 1.82) is 0 Å². The predicted octanol–water partition coefficient (Wildman–Crippen LogP) is 2.31. The van der Waals surface area contributed by atoms with E-state index >= 15 is 0 Å². The van der Waals surface area contributed by atoms with Gasteiger partial charge in [0, 0.05) is 29.9 Å². The molecule has 1 fully saturated rings. The second-order valence-corrected chi connectivity index (χ2v) is 5.28. The van der Waals surface area contributed by atoms with Crippen molar-refractivity contribution < 1.29 is 4.74 Å². The van der Waals surface area contributed by atoms with E-state index in [1.54, 1.807) is 0 Å². The Morgan fingerprint density at radius 1 is 1.35 bits per heavy atom. The number of hydrogen-bond donors (Lipinski definition) is 1. The molecule has 0 aliphatic carbocycles. The maximum Gasteiger partial charge on any atom is 0.0881 e. The molecule has 0 saturated carbocycles. The van der Waals surface area contributed by atoms with Crippen LogP contribution in [0.1, 0.15) is 23.7 Å².